The minimum atomic E-state index is -0.133. The molecule has 0 unspecified atom stereocenters. The molecule has 0 aliphatic carbocycles. The van der Waals surface area contributed by atoms with Crippen molar-refractivity contribution < 1.29 is 4.79 Å². The molecule has 3 N–H and O–H groups in total. The smallest absolute Gasteiger partial charge is 0.251 e. The highest BCUT2D eigenvalue weighted by Crippen LogP contribution is 2.19. The van der Waals surface area contributed by atoms with Crippen LogP contribution >= 0.6 is 11.6 Å². The zero-order valence-electron chi connectivity index (χ0n) is 7.30. The second kappa shape index (κ2) is 4.14. The Kier molecular flexibility index (Phi) is 3.14. The van der Waals surface area contributed by atoms with E-state index < -0.39 is 0 Å². The summed E-state index contributed by atoms with van der Waals surface area (Å²) in [6.45, 7) is 2.46. The van der Waals surface area contributed by atoms with E-state index >= 15 is 0 Å². The van der Waals surface area contributed by atoms with Crippen LogP contribution < -0.4 is 11.1 Å². The van der Waals surface area contributed by atoms with Gasteiger partial charge in [0.2, 0.25) is 0 Å². The third kappa shape index (κ3) is 2.36. The molecule has 0 heterocycles. The summed E-state index contributed by atoms with van der Waals surface area (Å²) >= 11 is 5.71. The first-order valence-electron chi connectivity index (χ1n) is 3.98. The lowest BCUT2D eigenvalue weighted by Crippen LogP contribution is -2.22. The standard InChI is InChI=1S/C9H11ClN2O/c1-2-12-9(13)6-3-4-7(10)8(11)5-6/h3-5H,2,11H2,1H3,(H,12,13). The van der Waals surface area contributed by atoms with Gasteiger partial charge >= 0.3 is 0 Å². The zero-order chi connectivity index (χ0) is 9.84. The number of benzene rings is 1. The summed E-state index contributed by atoms with van der Waals surface area (Å²) in [6.07, 6.45) is 0. The number of nitrogens with two attached hydrogens (primary N) is 1. The fraction of sp³-hybridized carbons (Fsp3) is 0.222. The molecule has 0 spiro atoms. The molecule has 0 aromatic heterocycles. The quantitative estimate of drug-likeness (QED) is 0.711. The molecule has 1 rings (SSSR count). The van der Waals surface area contributed by atoms with Crippen LogP contribution in [0, 0.1) is 0 Å². The van der Waals surface area contributed by atoms with E-state index in [9.17, 15) is 4.79 Å². The van der Waals surface area contributed by atoms with Crippen LogP contribution in [0.2, 0.25) is 5.02 Å². The molecule has 1 aromatic rings. The molecule has 1 amide bonds. The Balaban J connectivity index is 2.90. The molecule has 0 aliphatic heterocycles. The summed E-state index contributed by atoms with van der Waals surface area (Å²) in [5, 5.41) is 3.14. The van der Waals surface area contributed by atoms with Gasteiger partial charge < -0.3 is 11.1 Å². The molecule has 3 nitrogen and oxygen atoms in total. The maximum absolute atomic E-state index is 11.3. The number of carbonyl (C=O) groups excluding carboxylic acids is 1. The van der Waals surface area contributed by atoms with E-state index in [-0.39, 0.29) is 5.91 Å². The lowest BCUT2D eigenvalue weighted by Gasteiger charge is -2.03. The Labute approximate surface area is 81.9 Å². The van der Waals surface area contributed by atoms with Gasteiger partial charge in [0.1, 0.15) is 0 Å². The molecule has 0 aliphatic rings. The van der Waals surface area contributed by atoms with Gasteiger partial charge in [-0.05, 0) is 25.1 Å². The van der Waals surface area contributed by atoms with Crippen LogP contribution in [0.15, 0.2) is 18.2 Å². The number of halogens is 1. The van der Waals surface area contributed by atoms with Crippen molar-refractivity contribution in [2.75, 3.05) is 12.3 Å². The lowest BCUT2D eigenvalue weighted by atomic mass is 10.2. The van der Waals surface area contributed by atoms with Crippen LogP contribution in [0.4, 0.5) is 5.69 Å². The van der Waals surface area contributed by atoms with Gasteiger partial charge in [-0.2, -0.15) is 0 Å². The minimum Gasteiger partial charge on any atom is -0.398 e. The maximum atomic E-state index is 11.3. The molecule has 0 fully saturated rings. The van der Waals surface area contributed by atoms with Crippen molar-refractivity contribution >= 4 is 23.2 Å². The van der Waals surface area contributed by atoms with Crippen LogP contribution in [0.3, 0.4) is 0 Å². The third-order valence-corrected chi connectivity index (χ3v) is 1.94. The molecule has 0 saturated heterocycles. The molecule has 4 heteroatoms. The van der Waals surface area contributed by atoms with Gasteiger partial charge in [-0.1, -0.05) is 11.6 Å². The van der Waals surface area contributed by atoms with Crippen molar-refractivity contribution in [1.29, 1.82) is 0 Å². The monoisotopic (exact) mass is 198 g/mol. The number of hydrogen-bond donors (Lipinski definition) is 2. The third-order valence-electron chi connectivity index (χ3n) is 1.60. The predicted molar refractivity (Wildman–Crippen MR) is 53.9 cm³/mol. The van der Waals surface area contributed by atoms with Crippen molar-refractivity contribution in [3.8, 4) is 0 Å². The highest BCUT2D eigenvalue weighted by atomic mass is 35.5. The molecule has 70 valence electrons. The van der Waals surface area contributed by atoms with E-state index in [1.54, 1.807) is 18.2 Å². The summed E-state index contributed by atoms with van der Waals surface area (Å²) in [5.41, 5.74) is 6.50. The number of anilines is 1. The second-order valence-electron chi connectivity index (χ2n) is 2.60. The van der Waals surface area contributed by atoms with Gasteiger partial charge in [0.15, 0.2) is 0 Å². The number of rotatable bonds is 2. The molecule has 0 saturated carbocycles. The van der Waals surface area contributed by atoms with Gasteiger partial charge in [0.25, 0.3) is 5.91 Å². The van der Waals surface area contributed by atoms with Gasteiger partial charge in [0, 0.05) is 12.1 Å². The van der Waals surface area contributed by atoms with Crippen molar-refractivity contribution in [3.63, 3.8) is 0 Å². The van der Waals surface area contributed by atoms with Crippen LogP contribution in [0.25, 0.3) is 0 Å². The lowest BCUT2D eigenvalue weighted by molar-refractivity contribution is 0.0956. The zero-order valence-corrected chi connectivity index (χ0v) is 8.06. The molecule has 13 heavy (non-hydrogen) atoms. The largest absolute Gasteiger partial charge is 0.398 e. The summed E-state index contributed by atoms with van der Waals surface area (Å²) in [4.78, 5) is 11.3. The minimum absolute atomic E-state index is 0.133. The van der Waals surface area contributed by atoms with E-state index in [0.29, 0.717) is 22.8 Å². The Hall–Kier alpha value is -1.22. The first kappa shape index (κ1) is 9.86. The Morgan fingerprint density at radius 1 is 1.62 bits per heavy atom. The predicted octanol–water partition coefficient (Wildman–Crippen LogP) is 1.67. The highest BCUT2D eigenvalue weighted by molar-refractivity contribution is 6.33. The van der Waals surface area contributed by atoms with Crippen molar-refractivity contribution in [2.24, 2.45) is 0 Å². The van der Waals surface area contributed by atoms with E-state index in [2.05, 4.69) is 5.32 Å². The van der Waals surface area contributed by atoms with Crippen LogP contribution in [0.5, 0.6) is 0 Å². The summed E-state index contributed by atoms with van der Waals surface area (Å²) in [5.74, 6) is -0.133. The number of carbonyl (C=O) groups is 1. The maximum Gasteiger partial charge on any atom is 0.251 e. The van der Waals surface area contributed by atoms with E-state index in [4.69, 9.17) is 17.3 Å². The number of nitrogens with one attached hydrogen (secondary N) is 1. The Morgan fingerprint density at radius 2 is 2.31 bits per heavy atom. The Bertz CT molecular complexity index is 325. The van der Waals surface area contributed by atoms with Crippen molar-refractivity contribution in [3.05, 3.63) is 28.8 Å². The molecular formula is C9H11ClN2O. The SMILES string of the molecule is CCNC(=O)c1ccc(Cl)c(N)c1. The molecule has 0 atom stereocenters. The summed E-state index contributed by atoms with van der Waals surface area (Å²) < 4.78 is 0. The normalized spacial score (nSPS) is 9.69. The summed E-state index contributed by atoms with van der Waals surface area (Å²) in [6, 6.07) is 4.82. The van der Waals surface area contributed by atoms with Gasteiger partial charge in [-0.25, -0.2) is 0 Å². The second-order valence-corrected chi connectivity index (χ2v) is 3.00. The Morgan fingerprint density at radius 3 is 2.85 bits per heavy atom. The first-order chi connectivity index (χ1) is 6.15. The number of hydrogen-bond acceptors (Lipinski definition) is 2. The molecule has 0 radical (unpaired) electrons. The van der Waals surface area contributed by atoms with Gasteiger partial charge in [-0.15, -0.1) is 0 Å². The van der Waals surface area contributed by atoms with E-state index in [0.717, 1.165) is 0 Å². The molecule has 0 bridgehead atoms. The fourth-order valence-corrected chi connectivity index (χ4v) is 1.07. The molecule has 1 aromatic carbocycles. The fourth-order valence-electron chi connectivity index (χ4n) is 0.948. The number of nitrogen functional groups attached to an aromatic ring is 1. The molecular weight excluding hydrogens is 188 g/mol. The highest BCUT2D eigenvalue weighted by Gasteiger charge is 2.05. The van der Waals surface area contributed by atoms with E-state index in [1.807, 2.05) is 6.92 Å². The van der Waals surface area contributed by atoms with E-state index in [1.165, 1.54) is 0 Å². The average molecular weight is 199 g/mol. The summed E-state index contributed by atoms with van der Waals surface area (Å²) in [7, 11) is 0. The van der Waals surface area contributed by atoms with Crippen LogP contribution in [0.1, 0.15) is 17.3 Å². The number of amides is 1. The van der Waals surface area contributed by atoms with Crippen molar-refractivity contribution in [2.45, 2.75) is 6.92 Å². The first-order valence-corrected chi connectivity index (χ1v) is 4.36. The van der Waals surface area contributed by atoms with Gasteiger partial charge in [0.05, 0.1) is 10.7 Å². The van der Waals surface area contributed by atoms with Crippen LogP contribution in [-0.4, -0.2) is 12.5 Å². The average Bonchev–Trinajstić information content (AvgIpc) is 2.10. The van der Waals surface area contributed by atoms with Gasteiger partial charge in [-0.3, -0.25) is 4.79 Å². The van der Waals surface area contributed by atoms with Crippen LogP contribution in [-0.2, 0) is 0 Å². The topological polar surface area (TPSA) is 55.1 Å². The van der Waals surface area contributed by atoms with Crippen molar-refractivity contribution in [1.82, 2.24) is 5.32 Å².